The Hall–Kier alpha value is -3.98. The third kappa shape index (κ3) is 4.82. The van der Waals surface area contributed by atoms with Crippen molar-refractivity contribution in [1.29, 1.82) is 0 Å². The Kier molecular flexibility index (Phi) is 6.72. The molecule has 0 saturated carbocycles. The molecule has 14 heteroatoms. The van der Waals surface area contributed by atoms with Gasteiger partial charge in [0.15, 0.2) is 0 Å². The molecule has 0 spiro atoms. The van der Waals surface area contributed by atoms with E-state index in [-0.39, 0.29) is 17.3 Å². The van der Waals surface area contributed by atoms with Crippen molar-refractivity contribution in [1.82, 2.24) is 4.57 Å². The quantitative estimate of drug-likeness (QED) is 0.315. The van der Waals surface area contributed by atoms with Crippen molar-refractivity contribution in [3.63, 3.8) is 0 Å². The van der Waals surface area contributed by atoms with Crippen LogP contribution in [0.3, 0.4) is 0 Å². The van der Waals surface area contributed by atoms with Gasteiger partial charge in [-0.15, -0.1) is 0 Å². The summed E-state index contributed by atoms with van der Waals surface area (Å²) in [4.78, 5) is 54.8. The van der Waals surface area contributed by atoms with Crippen molar-refractivity contribution in [3.8, 4) is 0 Å². The number of nitrogens with one attached hydrogen (secondary N) is 1. The number of primary sulfonamides is 1. The summed E-state index contributed by atoms with van der Waals surface area (Å²) in [5.74, 6) is -2.36. The minimum atomic E-state index is -3.89. The summed E-state index contributed by atoms with van der Waals surface area (Å²) in [7, 11) is -3.89. The standard InChI is InChI=1S/C27H22N4O7S3/c1-14-4-8-16(9-5-14)31-24(33)21-20(18-3-2-12-38-18)23-26(39-22(21)25(31)34)30(27(35)40-23)13-19(32)29-15-6-10-17(11-7-15)41(28,36)37/h2-12,20-22H,13H2,1H3,(H,29,32)(H2,28,36,37). The van der Waals surface area contributed by atoms with E-state index < -0.39 is 43.8 Å². The van der Waals surface area contributed by atoms with Gasteiger partial charge >= 0.3 is 4.87 Å². The molecule has 3 amide bonds. The number of aromatic nitrogens is 1. The molecule has 41 heavy (non-hydrogen) atoms. The lowest BCUT2D eigenvalue weighted by atomic mass is 9.87. The van der Waals surface area contributed by atoms with Crippen LogP contribution in [0.15, 0.2) is 86.1 Å². The Bertz CT molecular complexity index is 1840. The zero-order chi connectivity index (χ0) is 29.1. The first-order valence-corrected chi connectivity index (χ1v) is 15.6. The molecule has 2 aromatic carbocycles. The predicted octanol–water partition coefficient (Wildman–Crippen LogP) is 2.89. The summed E-state index contributed by atoms with van der Waals surface area (Å²) in [5.41, 5.74) is 1.76. The smallest absolute Gasteiger partial charge is 0.308 e. The van der Waals surface area contributed by atoms with E-state index in [9.17, 15) is 27.6 Å². The third-order valence-electron chi connectivity index (χ3n) is 6.96. The van der Waals surface area contributed by atoms with Crippen LogP contribution in [-0.2, 0) is 31.0 Å². The number of benzene rings is 2. The second-order valence-electron chi connectivity index (χ2n) is 9.65. The SMILES string of the molecule is Cc1ccc(N2C(=O)C3Sc4c(sc(=O)n4CC(=O)Nc4ccc(S(N)(=O)=O)cc4)C(c4ccco4)C3C2=O)cc1. The van der Waals surface area contributed by atoms with E-state index >= 15 is 0 Å². The van der Waals surface area contributed by atoms with Crippen molar-refractivity contribution < 1.29 is 27.2 Å². The van der Waals surface area contributed by atoms with Crippen LogP contribution in [0, 0.1) is 12.8 Å². The Morgan fingerprint density at radius 1 is 1.02 bits per heavy atom. The largest absolute Gasteiger partial charge is 0.469 e. The summed E-state index contributed by atoms with van der Waals surface area (Å²) in [5, 5.41) is 7.35. The zero-order valence-corrected chi connectivity index (χ0v) is 23.8. The van der Waals surface area contributed by atoms with Gasteiger partial charge in [-0.2, -0.15) is 0 Å². The van der Waals surface area contributed by atoms with Crippen molar-refractivity contribution >= 4 is 62.2 Å². The number of thiazole rings is 1. The Labute approximate surface area is 242 Å². The third-order valence-corrected chi connectivity index (χ3v) is 10.5. The molecule has 210 valence electrons. The first-order valence-electron chi connectivity index (χ1n) is 12.3. The van der Waals surface area contributed by atoms with Gasteiger partial charge in [-0.05, 0) is 55.5 Å². The van der Waals surface area contributed by atoms with Gasteiger partial charge in [0, 0.05) is 5.69 Å². The van der Waals surface area contributed by atoms with Gasteiger partial charge in [0.2, 0.25) is 27.7 Å². The number of imide groups is 1. The predicted molar refractivity (Wildman–Crippen MR) is 152 cm³/mol. The van der Waals surface area contributed by atoms with Crippen LogP contribution in [0.25, 0.3) is 0 Å². The van der Waals surface area contributed by atoms with Crippen LogP contribution in [0.4, 0.5) is 11.4 Å². The van der Waals surface area contributed by atoms with Gasteiger partial charge in [-0.25, -0.2) is 18.5 Å². The monoisotopic (exact) mass is 610 g/mol. The summed E-state index contributed by atoms with van der Waals surface area (Å²) >= 11 is 2.01. The van der Waals surface area contributed by atoms with E-state index in [4.69, 9.17) is 9.56 Å². The number of amides is 3. The maximum absolute atomic E-state index is 13.8. The molecule has 0 radical (unpaired) electrons. The number of anilines is 2. The van der Waals surface area contributed by atoms with Gasteiger partial charge in [0.05, 0.1) is 38.6 Å². The maximum Gasteiger partial charge on any atom is 0.308 e. The maximum atomic E-state index is 13.8. The summed E-state index contributed by atoms with van der Waals surface area (Å²) in [6.45, 7) is 1.55. The van der Waals surface area contributed by atoms with E-state index in [1.165, 1.54) is 40.0 Å². The van der Waals surface area contributed by atoms with E-state index in [0.29, 0.717) is 27.0 Å². The molecule has 11 nitrogen and oxygen atoms in total. The number of carbonyl (C=O) groups excluding carboxylic acids is 3. The van der Waals surface area contributed by atoms with Gasteiger partial charge in [0.25, 0.3) is 0 Å². The normalized spacial score (nSPS) is 20.1. The number of furan rings is 1. The lowest BCUT2D eigenvalue weighted by molar-refractivity contribution is -0.122. The molecular weight excluding hydrogens is 589 g/mol. The number of thioether (sulfide) groups is 1. The van der Waals surface area contributed by atoms with Crippen LogP contribution >= 0.6 is 23.1 Å². The summed E-state index contributed by atoms with van der Waals surface area (Å²) in [6, 6.07) is 15.8. The topological polar surface area (TPSA) is 162 Å². The number of sulfonamides is 1. The summed E-state index contributed by atoms with van der Waals surface area (Å²) < 4.78 is 30.0. The number of carbonyl (C=O) groups is 3. The first kappa shape index (κ1) is 27.2. The van der Waals surface area contributed by atoms with Gasteiger partial charge in [-0.1, -0.05) is 40.8 Å². The molecule has 2 aromatic heterocycles. The molecule has 3 N–H and O–H groups in total. The van der Waals surface area contributed by atoms with Crippen molar-refractivity contribution in [2.45, 2.75) is 34.6 Å². The highest BCUT2D eigenvalue weighted by Crippen LogP contribution is 2.53. The number of hydrogen-bond donors (Lipinski definition) is 2. The van der Waals surface area contributed by atoms with Crippen molar-refractivity contribution in [2.75, 3.05) is 10.2 Å². The fraction of sp³-hybridized carbons (Fsp3) is 0.185. The highest BCUT2D eigenvalue weighted by atomic mass is 32.2. The Morgan fingerprint density at radius 2 is 1.73 bits per heavy atom. The number of fused-ring (bicyclic) bond motifs is 2. The van der Waals surface area contributed by atoms with Gasteiger partial charge in [0.1, 0.15) is 17.6 Å². The molecule has 6 rings (SSSR count). The van der Waals surface area contributed by atoms with Crippen LogP contribution in [-0.4, -0.2) is 36.0 Å². The molecule has 3 unspecified atom stereocenters. The molecule has 1 fully saturated rings. The molecule has 0 aliphatic carbocycles. The summed E-state index contributed by atoms with van der Waals surface area (Å²) in [6.07, 6.45) is 1.47. The molecular formula is C27H22N4O7S3. The van der Waals surface area contributed by atoms with E-state index in [1.54, 1.807) is 24.3 Å². The molecule has 3 atom stereocenters. The van der Waals surface area contributed by atoms with Crippen LogP contribution < -0.4 is 20.2 Å². The highest BCUT2D eigenvalue weighted by molar-refractivity contribution is 8.00. The molecule has 4 aromatic rings. The molecule has 2 aliphatic heterocycles. The van der Waals surface area contributed by atoms with Gasteiger partial charge in [-0.3, -0.25) is 23.7 Å². The zero-order valence-electron chi connectivity index (χ0n) is 21.3. The van der Waals surface area contributed by atoms with Crippen LogP contribution in [0.2, 0.25) is 0 Å². The van der Waals surface area contributed by atoms with Crippen LogP contribution in [0.5, 0.6) is 0 Å². The molecule has 0 bridgehead atoms. The second-order valence-corrected chi connectivity index (χ2v) is 13.3. The van der Waals surface area contributed by atoms with E-state index in [1.807, 2.05) is 19.1 Å². The lowest BCUT2D eigenvalue weighted by Crippen LogP contribution is -2.32. The Balaban J connectivity index is 1.33. The first-order chi connectivity index (χ1) is 19.5. The number of nitrogens with two attached hydrogens (primary N) is 1. The molecule has 4 heterocycles. The number of nitrogens with zero attached hydrogens (tertiary/aromatic N) is 2. The fourth-order valence-electron chi connectivity index (χ4n) is 5.05. The molecule has 2 aliphatic rings. The Morgan fingerprint density at radius 3 is 2.37 bits per heavy atom. The lowest BCUT2D eigenvalue weighted by Gasteiger charge is -2.29. The fourth-order valence-corrected chi connectivity index (χ4v) is 8.32. The minimum Gasteiger partial charge on any atom is -0.469 e. The highest BCUT2D eigenvalue weighted by Gasteiger charge is 2.57. The van der Waals surface area contributed by atoms with Crippen LogP contribution in [0.1, 0.15) is 22.1 Å². The van der Waals surface area contributed by atoms with E-state index in [2.05, 4.69) is 5.32 Å². The number of hydrogen-bond acceptors (Lipinski definition) is 9. The van der Waals surface area contributed by atoms with Crippen molar-refractivity contribution in [3.05, 3.63) is 92.8 Å². The second kappa shape index (κ2) is 10.1. The van der Waals surface area contributed by atoms with Crippen molar-refractivity contribution in [2.24, 2.45) is 11.1 Å². The minimum absolute atomic E-state index is 0.107. The number of rotatable bonds is 6. The number of aryl methyl sites for hydroxylation is 1. The average Bonchev–Trinajstić information content (AvgIpc) is 3.62. The van der Waals surface area contributed by atoms with E-state index in [0.717, 1.165) is 28.7 Å². The average molecular weight is 611 g/mol. The van der Waals surface area contributed by atoms with Gasteiger partial charge < -0.3 is 9.73 Å². The molecule has 1 saturated heterocycles.